The summed E-state index contributed by atoms with van der Waals surface area (Å²) in [7, 11) is 0. The summed E-state index contributed by atoms with van der Waals surface area (Å²) in [5.41, 5.74) is 0.439. The minimum absolute atomic E-state index is 0.0636. The molecule has 0 saturated heterocycles. The lowest BCUT2D eigenvalue weighted by Gasteiger charge is -2.29. The molecule has 1 unspecified atom stereocenters. The number of aliphatic hydroxyl groups excluding tert-OH is 1. The maximum Gasteiger partial charge on any atom is 0.255 e. The van der Waals surface area contributed by atoms with Crippen molar-refractivity contribution in [2.75, 3.05) is 6.61 Å². The number of hydrogen-bond acceptors (Lipinski definition) is 3. The van der Waals surface area contributed by atoms with E-state index in [2.05, 4.69) is 5.32 Å². The van der Waals surface area contributed by atoms with Gasteiger partial charge in [-0.25, -0.2) is 0 Å². The van der Waals surface area contributed by atoms with Gasteiger partial charge in [-0.15, -0.1) is 0 Å². The maximum atomic E-state index is 12.2. The van der Waals surface area contributed by atoms with Crippen molar-refractivity contribution in [1.29, 1.82) is 0 Å². The fourth-order valence-electron chi connectivity index (χ4n) is 1.94. The van der Waals surface area contributed by atoms with E-state index >= 15 is 0 Å². The van der Waals surface area contributed by atoms with Crippen molar-refractivity contribution in [2.24, 2.45) is 5.41 Å². The number of nitrogens with one attached hydrogen (secondary N) is 1. The van der Waals surface area contributed by atoms with Gasteiger partial charge < -0.3 is 14.8 Å². The van der Waals surface area contributed by atoms with Crippen LogP contribution in [0.2, 0.25) is 0 Å². The van der Waals surface area contributed by atoms with Crippen molar-refractivity contribution in [3.8, 4) is 0 Å². The number of carbonyl (C=O) groups is 1. The Hall–Kier alpha value is -1.29. The molecule has 1 fully saturated rings. The molecule has 100 valence electrons. The van der Waals surface area contributed by atoms with Gasteiger partial charge in [-0.05, 0) is 24.3 Å². The number of furan rings is 1. The van der Waals surface area contributed by atoms with E-state index in [1.807, 2.05) is 20.8 Å². The largest absolute Gasteiger partial charge is 0.468 e. The SMILES string of the molecule is CC(C)(C)C(CO)NC(=O)c1ccoc1C1CC1. The Labute approximate surface area is 107 Å². The van der Waals surface area contributed by atoms with E-state index in [-0.39, 0.29) is 24.0 Å². The number of rotatable bonds is 4. The van der Waals surface area contributed by atoms with Crippen LogP contribution >= 0.6 is 0 Å². The second-order valence-corrected chi connectivity index (χ2v) is 6.05. The molecule has 4 nitrogen and oxygen atoms in total. The molecule has 0 bridgehead atoms. The molecule has 1 atom stereocenters. The number of amides is 1. The second kappa shape index (κ2) is 4.76. The van der Waals surface area contributed by atoms with Gasteiger partial charge in [-0.1, -0.05) is 20.8 Å². The van der Waals surface area contributed by atoms with Crippen LogP contribution in [0.3, 0.4) is 0 Å². The molecule has 1 aromatic heterocycles. The van der Waals surface area contributed by atoms with Crippen LogP contribution < -0.4 is 5.32 Å². The smallest absolute Gasteiger partial charge is 0.255 e. The Morgan fingerprint density at radius 2 is 2.22 bits per heavy atom. The van der Waals surface area contributed by atoms with Crippen molar-refractivity contribution in [3.05, 3.63) is 23.7 Å². The molecule has 1 aromatic rings. The van der Waals surface area contributed by atoms with Crippen molar-refractivity contribution < 1.29 is 14.3 Å². The molecule has 1 aliphatic rings. The number of hydrogen-bond donors (Lipinski definition) is 2. The zero-order chi connectivity index (χ0) is 13.3. The molecule has 0 aromatic carbocycles. The molecule has 0 aliphatic heterocycles. The average Bonchev–Trinajstić information content (AvgIpc) is 3.01. The monoisotopic (exact) mass is 251 g/mol. The van der Waals surface area contributed by atoms with Gasteiger partial charge in [-0.2, -0.15) is 0 Å². The molecular formula is C14H21NO3. The van der Waals surface area contributed by atoms with E-state index in [4.69, 9.17) is 4.42 Å². The van der Waals surface area contributed by atoms with Gasteiger partial charge in [0.15, 0.2) is 0 Å². The van der Waals surface area contributed by atoms with Crippen LogP contribution in [0.5, 0.6) is 0 Å². The summed E-state index contributed by atoms with van der Waals surface area (Å²) in [6.07, 6.45) is 3.75. The Morgan fingerprint density at radius 3 is 2.72 bits per heavy atom. The Balaban J connectivity index is 2.09. The predicted octanol–water partition coefficient (Wildman–Crippen LogP) is 2.29. The van der Waals surface area contributed by atoms with Crippen LogP contribution in [0.15, 0.2) is 16.7 Å². The molecule has 1 saturated carbocycles. The first kappa shape index (κ1) is 13.1. The minimum Gasteiger partial charge on any atom is -0.468 e. The third-order valence-corrected chi connectivity index (χ3v) is 3.42. The third-order valence-electron chi connectivity index (χ3n) is 3.42. The standard InChI is InChI=1S/C14H21NO3/c1-14(2,3)11(8-16)15-13(17)10-6-7-18-12(10)9-4-5-9/h6-7,9,11,16H,4-5,8H2,1-3H3,(H,15,17). The first-order chi connectivity index (χ1) is 8.43. The quantitative estimate of drug-likeness (QED) is 0.863. The first-order valence-electron chi connectivity index (χ1n) is 6.42. The number of aliphatic hydroxyl groups is 1. The van der Waals surface area contributed by atoms with Gasteiger partial charge in [0.2, 0.25) is 0 Å². The highest BCUT2D eigenvalue weighted by Crippen LogP contribution is 2.42. The van der Waals surface area contributed by atoms with E-state index in [0.29, 0.717) is 11.5 Å². The lowest BCUT2D eigenvalue weighted by atomic mass is 9.87. The maximum absolute atomic E-state index is 12.2. The molecular weight excluding hydrogens is 230 g/mol. The van der Waals surface area contributed by atoms with Gasteiger partial charge in [-0.3, -0.25) is 4.79 Å². The molecule has 2 N–H and O–H groups in total. The van der Waals surface area contributed by atoms with Crippen molar-refractivity contribution in [1.82, 2.24) is 5.32 Å². The third kappa shape index (κ3) is 2.75. The number of carbonyl (C=O) groups excluding carboxylic acids is 1. The molecule has 1 heterocycles. The molecule has 2 rings (SSSR count). The van der Waals surface area contributed by atoms with Crippen LogP contribution in [0, 0.1) is 5.41 Å². The zero-order valence-electron chi connectivity index (χ0n) is 11.2. The fourth-order valence-corrected chi connectivity index (χ4v) is 1.94. The summed E-state index contributed by atoms with van der Waals surface area (Å²) in [5.74, 6) is 1.04. The fraction of sp³-hybridized carbons (Fsp3) is 0.643. The second-order valence-electron chi connectivity index (χ2n) is 6.05. The lowest BCUT2D eigenvalue weighted by molar-refractivity contribution is 0.0846. The summed E-state index contributed by atoms with van der Waals surface area (Å²) in [6, 6.07) is 1.45. The van der Waals surface area contributed by atoms with Crippen molar-refractivity contribution in [2.45, 2.75) is 45.6 Å². The zero-order valence-corrected chi connectivity index (χ0v) is 11.2. The van der Waals surface area contributed by atoms with E-state index in [1.165, 1.54) is 0 Å². The Kier molecular flexibility index (Phi) is 3.48. The highest BCUT2D eigenvalue weighted by atomic mass is 16.3. The topological polar surface area (TPSA) is 62.5 Å². The molecule has 1 amide bonds. The van der Waals surface area contributed by atoms with Crippen LogP contribution in [-0.2, 0) is 0 Å². The molecule has 4 heteroatoms. The van der Waals surface area contributed by atoms with Gasteiger partial charge in [0.1, 0.15) is 5.76 Å². The Bertz CT molecular complexity index is 426. The molecule has 0 radical (unpaired) electrons. The van der Waals surface area contributed by atoms with Crippen LogP contribution in [0.1, 0.15) is 55.6 Å². The Morgan fingerprint density at radius 1 is 1.56 bits per heavy atom. The van der Waals surface area contributed by atoms with Gasteiger partial charge >= 0.3 is 0 Å². The van der Waals surface area contributed by atoms with Crippen LogP contribution in [-0.4, -0.2) is 23.7 Å². The van der Waals surface area contributed by atoms with Gasteiger partial charge in [0.25, 0.3) is 5.91 Å². The van der Waals surface area contributed by atoms with Crippen molar-refractivity contribution in [3.63, 3.8) is 0 Å². The predicted molar refractivity (Wildman–Crippen MR) is 68.5 cm³/mol. The summed E-state index contributed by atoms with van der Waals surface area (Å²) in [5, 5.41) is 12.2. The molecule has 0 spiro atoms. The van der Waals surface area contributed by atoms with Gasteiger partial charge in [0, 0.05) is 5.92 Å². The average molecular weight is 251 g/mol. The van der Waals surface area contributed by atoms with E-state index in [0.717, 1.165) is 18.6 Å². The van der Waals surface area contributed by atoms with Crippen LogP contribution in [0.4, 0.5) is 0 Å². The normalized spacial score (nSPS) is 17.6. The molecule has 1 aliphatic carbocycles. The summed E-state index contributed by atoms with van der Waals surface area (Å²) >= 11 is 0. The highest BCUT2D eigenvalue weighted by Gasteiger charge is 2.33. The van der Waals surface area contributed by atoms with Crippen molar-refractivity contribution >= 4 is 5.91 Å². The first-order valence-corrected chi connectivity index (χ1v) is 6.42. The molecule has 18 heavy (non-hydrogen) atoms. The van der Waals surface area contributed by atoms with E-state index < -0.39 is 0 Å². The summed E-state index contributed by atoms with van der Waals surface area (Å²) in [6.45, 7) is 5.91. The summed E-state index contributed by atoms with van der Waals surface area (Å²) in [4.78, 5) is 12.2. The van der Waals surface area contributed by atoms with E-state index in [9.17, 15) is 9.90 Å². The highest BCUT2D eigenvalue weighted by molar-refractivity contribution is 5.95. The van der Waals surface area contributed by atoms with Gasteiger partial charge in [0.05, 0.1) is 24.5 Å². The lowest BCUT2D eigenvalue weighted by Crippen LogP contribution is -2.46. The van der Waals surface area contributed by atoms with E-state index in [1.54, 1.807) is 12.3 Å². The minimum atomic E-state index is -0.257. The van der Waals surface area contributed by atoms with Crippen LogP contribution in [0.25, 0.3) is 0 Å². The summed E-state index contributed by atoms with van der Waals surface area (Å²) < 4.78 is 5.39.